The fourth-order valence-corrected chi connectivity index (χ4v) is 3.24. The number of nitrogens with zero attached hydrogens (tertiary/aromatic N) is 3. The summed E-state index contributed by atoms with van der Waals surface area (Å²) in [6.45, 7) is 1.91. The van der Waals surface area contributed by atoms with Crippen molar-refractivity contribution in [1.29, 1.82) is 0 Å². The molecule has 1 aliphatic heterocycles. The third-order valence-corrected chi connectivity index (χ3v) is 5.12. The highest BCUT2D eigenvalue weighted by Crippen LogP contribution is 2.33. The van der Waals surface area contributed by atoms with Gasteiger partial charge in [-0.3, -0.25) is 0 Å². The van der Waals surface area contributed by atoms with Gasteiger partial charge in [-0.05, 0) is 62.1 Å². The minimum atomic E-state index is 0.415. The lowest BCUT2D eigenvalue weighted by Gasteiger charge is -2.23. The molecule has 0 spiro atoms. The molecule has 0 radical (unpaired) electrons. The molecule has 0 N–H and O–H groups in total. The molecule has 0 saturated heterocycles. The molecule has 0 atom stereocenters. The Labute approximate surface area is 224 Å². The van der Waals surface area contributed by atoms with Crippen LogP contribution in [0.25, 0.3) is 0 Å². The van der Waals surface area contributed by atoms with Gasteiger partial charge in [0.25, 0.3) is 0 Å². The van der Waals surface area contributed by atoms with Crippen LogP contribution in [0.15, 0.2) is 103 Å². The normalized spacial score (nSPS) is 17.1. The van der Waals surface area contributed by atoms with Crippen LogP contribution in [-0.4, -0.2) is 38.8 Å². The van der Waals surface area contributed by atoms with Crippen LogP contribution in [0, 0.1) is 0 Å². The van der Waals surface area contributed by atoms with Crippen LogP contribution >= 0.6 is 0 Å². The van der Waals surface area contributed by atoms with E-state index in [0.717, 1.165) is 16.7 Å². The molecule has 9 nitrogen and oxygen atoms in total. The summed E-state index contributed by atoms with van der Waals surface area (Å²) < 4.78 is 33.4. The molecular weight excluding hydrogens is 486 g/mol. The van der Waals surface area contributed by atoms with E-state index in [1.165, 1.54) is 75.9 Å². The van der Waals surface area contributed by atoms with Gasteiger partial charge in [0.2, 0.25) is 0 Å². The van der Waals surface area contributed by atoms with E-state index >= 15 is 0 Å². The summed E-state index contributed by atoms with van der Waals surface area (Å²) in [5.74, 6) is 1.69. The molecule has 1 heterocycles. The summed E-state index contributed by atoms with van der Waals surface area (Å²) >= 11 is 0. The van der Waals surface area contributed by atoms with Crippen LogP contribution < -0.4 is 14.2 Å². The van der Waals surface area contributed by atoms with E-state index in [-0.39, 0.29) is 0 Å². The van der Waals surface area contributed by atoms with E-state index in [0.29, 0.717) is 29.5 Å². The highest BCUT2D eigenvalue weighted by molar-refractivity contribution is 5.52. The number of quaternary nitrogens is 1. The maximum atomic E-state index is 5.86. The summed E-state index contributed by atoms with van der Waals surface area (Å²) in [7, 11) is 6.68. The number of fused-ring (bicyclic) bond motifs is 1. The monoisotopic (exact) mass is 522 g/mol. The van der Waals surface area contributed by atoms with Gasteiger partial charge in [0.1, 0.15) is 55.8 Å². The van der Waals surface area contributed by atoms with Gasteiger partial charge in [0.15, 0.2) is 11.5 Å². The fourth-order valence-electron chi connectivity index (χ4n) is 3.24. The number of azo groups is 1. The molecule has 202 valence electrons. The second-order valence-corrected chi connectivity index (χ2v) is 9.33. The molecular formula is C29H36N3O6+. The molecule has 2 aromatic carbocycles. The number of hydrogen-bond donors (Lipinski definition) is 0. The quantitative estimate of drug-likeness (QED) is 0.183. The van der Waals surface area contributed by atoms with Gasteiger partial charge in [-0.25, -0.2) is 0 Å². The SMILES string of the molecule is C[N+](C)(C)CCCCCCOc1ccc(N=Nc2ccc3c(c2)O/C=C\O/C=C\O/C=C\O/C=C\O3)cc1. The van der Waals surface area contributed by atoms with Crippen LogP contribution in [0.5, 0.6) is 17.2 Å². The van der Waals surface area contributed by atoms with Gasteiger partial charge in [-0.1, -0.05) is 0 Å². The molecule has 3 rings (SSSR count). The third kappa shape index (κ3) is 11.7. The molecule has 0 saturated carbocycles. The van der Waals surface area contributed by atoms with Crippen molar-refractivity contribution in [2.45, 2.75) is 25.7 Å². The molecule has 0 unspecified atom stereocenters. The Morgan fingerprint density at radius 2 is 1.16 bits per heavy atom. The fraction of sp³-hybridized carbons (Fsp3) is 0.310. The summed E-state index contributed by atoms with van der Waals surface area (Å²) in [6.07, 6.45) is 15.5. The van der Waals surface area contributed by atoms with Gasteiger partial charge in [-0.2, -0.15) is 10.2 Å². The number of ether oxygens (including phenoxy) is 6. The second kappa shape index (κ2) is 15.8. The lowest BCUT2D eigenvalue weighted by molar-refractivity contribution is -0.870. The zero-order chi connectivity index (χ0) is 26.9. The van der Waals surface area contributed by atoms with Crippen molar-refractivity contribution in [3.05, 3.63) is 92.6 Å². The lowest BCUT2D eigenvalue weighted by Crippen LogP contribution is -2.35. The van der Waals surface area contributed by atoms with Crippen molar-refractivity contribution < 1.29 is 32.9 Å². The zero-order valence-electron chi connectivity index (χ0n) is 22.2. The molecule has 9 heteroatoms. The van der Waals surface area contributed by atoms with Crippen molar-refractivity contribution in [2.24, 2.45) is 10.2 Å². The van der Waals surface area contributed by atoms with Crippen molar-refractivity contribution in [3.8, 4) is 17.2 Å². The number of unbranched alkanes of at least 4 members (excludes halogenated alkanes) is 3. The van der Waals surface area contributed by atoms with E-state index < -0.39 is 0 Å². The lowest BCUT2D eigenvalue weighted by atomic mass is 10.2. The maximum Gasteiger partial charge on any atom is 0.171 e. The minimum absolute atomic E-state index is 0.415. The summed E-state index contributed by atoms with van der Waals surface area (Å²) in [5, 5.41) is 8.63. The Morgan fingerprint density at radius 1 is 0.605 bits per heavy atom. The highest BCUT2D eigenvalue weighted by atomic mass is 16.5. The van der Waals surface area contributed by atoms with E-state index in [1.807, 2.05) is 24.3 Å². The van der Waals surface area contributed by atoms with Crippen molar-refractivity contribution in [3.63, 3.8) is 0 Å². The Morgan fingerprint density at radius 3 is 1.82 bits per heavy atom. The van der Waals surface area contributed by atoms with Crippen molar-refractivity contribution in [1.82, 2.24) is 0 Å². The van der Waals surface area contributed by atoms with Crippen LogP contribution in [0.3, 0.4) is 0 Å². The third-order valence-electron chi connectivity index (χ3n) is 5.12. The van der Waals surface area contributed by atoms with E-state index in [1.54, 1.807) is 18.2 Å². The first-order valence-electron chi connectivity index (χ1n) is 12.5. The van der Waals surface area contributed by atoms with Gasteiger partial charge < -0.3 is 32.9 Å². The zero-order valence-corrected chi connectivity index (χ0v) is 22.2. The van der Waals surface area contributed by atoms with Gasteiger partial charge in [-0.15, -0.1) is 0 Å². The Balaban J connectivity index is 1.52. The minimum Gasteiger partial charge on any atom is -0.494 e. The molecule has 0 fully saturated rings. The van der Waals surface area contributed by atoms with Crippen LogP contribution in [-0.2, 0) is 14.2 Å². The Kier molecular flexibility index (Phi) is 11.8. The molecule has 0 amide bonds. The van der Waals surface area contributed by atoms with Crippen molar-refractivity contribution in [2.75, 3.05) is 34.3 Å². The highest BCUT2D eigenvalue weighted by Gasteiger charge is 2.07. The summed E-state index contributed by atoms with van der Waals surface area (Å²) in [4.78, 5) is 0. The van der Waals surface area contributed by atoms with Gasteiger partial charge >= 0.3 is 0 Å². The summed E-state index contributed by atoms with van der Waals surface area (Å²) in [6, 6.07) is 12.7. The average molecular weight is 523 g/mol. The van der Waals surface area contributed by atoms with Crippen LogP contribution in [0.1, 0.15) is 25.7 Å². The second-order valence-electron chi connectivity index (χ2n) is 9.33. The van der Waals surface area contributed by atoms with Gasteiger partial charge in [0, 0.05) is 6.07 Å². The largest absolute Gasteiger partial charge is 0.494 e. The summed E-state index contributed by atoms with van der Waals surface area (Å²) in [5.41, 5.74) is 1.29. The Hall–Kier alpha value is -4.24. The number of rotatable bonds is 10. The Bertz CT molecular complexity index is 1120. The molecule has 1 aliphatic rings. The molecule has 0 bridgehead atoms. The van der Waals surface area contributed by atoms with E-state index in [9.17, 15) is 0 Å². The topological polar surface area (TPSA) is 80.1 Å². The first-order valence-corrected chi connectivity index (χ1v) is 12.5. The van der Waals surface area contributed by atoms with Gasteiger partial charge in [0.05, 0.1) is 45.7 Å². The number of hydrogen-bond acceptors (Lipinski definition) is 8. The molecule has 38 heavy (non-hydrogen) atoms. The molecule has 0 aromatic heterocycles. The predicted octanol–water partition coefficient (Wildman–Crippen LogP) is 7.45. The first kappa shape index (κ1) is 28.3. The molecule has 0 aliphatic carbocycles. The predicted molar refractivity (Wildman–Crippen MR) is 145 cm³/mol. The van der Waals surface area contributed by atoms with Crippen LogP contribution in [0.4, 0.5) is 11.4 Å². The van der Waals surface area contributed by atoms with Crippen molar-refractivity contribution >= 4 is 11.4 Å². The average Bonchev–Trinajstić information content (AvgIpc) is 2.91. The number of benzene rings is 2. The van der Waals surface area contributed by atoms with E-state index in [4.69, 9.17) is 28.4 Å². The smallest absolute Gasteiger partial charge is 0.171 e. The standard InChI is InChI=1S/C29H36N3O6/c1-32(2,3)14-6-4-5-7-15-36-27-11-8-25(9-12-27)30-31-26-10-13-28-29(24-26)38-23-21-35-19-17-33-16-18-34-20-22-37-28/h8-13,16-24H,4-7,14-15H2,1-3H3/q+1/b18-16-,19-17-,22-20-,23-21-,31-30?. The first-order chi connectivity index (χ1) is 18.5. The van der Waals surface area contributed by atoms with Crippen LogP contribution in [0.2, 0.25) is 0 Å². The maximum absolute atomic E-state index is 5.86. The van der Waals surface area contributed by atoms with E-state index in [2.05, 4.69) is 31.4 Å². The molecule has 2 aromatic rings.